The third-order valence-electron chi connectivity index (χ3n) is 3.60. The van der Waals surface area contributed by atoms with Gasteiger partial charge in [-0.15, -0.1) is 0 Å². The molecule has 1 aliphatic rings. The van der Waals surface area contributed by atoms with Gasteiger partial charge in [-0.1, -0.05) is 30.3 Å². The molecule has 1 heterocycles. The minimum atomic E-state index is -0.867. The van der Waals surface area contributed by atoms with Crippen LogP contribution >= 0.6 is 0 Å². The first-order chi connectivity index (χ1) is 9.24. The van der Waals surface area contributed by atoms with Crippen LogP contribution in [0, 0.1) is 0 Å². The third-order valence-corrected chi connectivity index (χ3v) is 3.60. The van der Waals surface area contributed by atoms with Crippen molar-refractivity contribution in [1.82, 2.24) is 0 Å². The van der Waals surface area contributed by atoms with E-state index in [1.807, 2.05) is 24.3 Å². The first-order valence-corrected chi connectivity index (χ1v) is 6.39. The van der Waals surface area contributed by atoms with Crippen LogP contribution in [0.2, 0.25) is 0 Å². The topological polar surface area (TPSA) is 49.3 Å². The van der Waals surface area contributed by atoms with Gasteiger partial charge in [0.15, 0.2) is 0 Å². The summed E-state index contributed by atoms with van der Waals surface area (Å²) < 4.78 is 0. The molecule has 0 radical (unpaired) electrons. The molecule has 0 saturated carbocycles. The lowest BCUT2D eigenvalue weighted by atomic mass is 9.93. The Morgan fingerprint density at radius 3 is 2.74 bits per heavy atom. The van der Waals surface area contributed by atoms with Crippen LogP contribution in [0.15, 0.2) is 48.5 Å². The van der Waals surface area contributed by atoms with Crippen molar-refractivity contribution >= 4 is 11.7 Å². The van der Waals surface area contributed by atoms with E-state index in [0.717, 1.165) is 24.2 Å². The molecule has 0 amide bonds. The summed E-state index contributed by atoms with van der Waals surface area (Å²) in [6.45, 7) is 0.868. The molecule has 0 bridgehead atoms. The van der Waals surface area contributed by atoms with E-state index in [0.29, 0.717) is 11.5 Å². The van der Waals surface area contributed by atoms with Crippen LogP contribution < -0.4 is 5.32 Å². The number of fused-ring (bicyclic) bond motifs is 1. The monoisotopic (exact) mass is 253 g/mol. The van der Waals surface area contributed by atoms with Crippen molar-refractivity contribution in [3.63, 3.8) is 0 Å². The van der Waals surface area contributed by atoms with Gasteiger partial charge in [-0.3, -0.25) is 0 Å². The fourth-order valence-corrected chi connectivity index (χ4v) is 2.62. The number of carboxylic acid groups (broad SMARTS) is 1. The fourth-order valence-electron chi connectivity index (χ4n) is 2.62. The number of hydrogen-bond donors (Lipinski definition) is 2. The van der Waals surface area contributed by atoms with E-state index in [1.165, 1.54) is 5.56 Å². The smallest absolute Gasteiger partial charge is 0.335 e. The second-order valence-electron chi connectivity index (χ2n) is 4.87. The Hall–Kier alpha value is -2.29. The van der Waals surface area contributed by atoms with Gasteiger partial charge in [0.1, 0.15) is 0 Å². The molecule has 0 spiro atoms. The molecular weight excluding hydrogens is 238 g/mol. The molecule has 1 atom stereocenters. The number of hydrogen-bond acceptors (Lipinski definition) is 2. The van der Waals surface area contributed by atoms with Crippen molar-refractivity contribution in [3.05, 3.63) is 65.2 Å². The molecule has 2 aromatic rings. The van der Waals surface area contributed by atoms with Gasteiger partial charge in [0, 0.05) is 18.2 Å². The molecule has 96 valence electrons. The summed E-state index contributed by atoms with van der Waals surface area (Å²) >= 11 is 0. The molecule has 1 unspecified atom stereocenters. The summed E-state index contributed by atoms with van der Waals surface area (Å²) in [5.41, 5.74) is 3.82. The highest BCUT2D eigenvalue weighted by Gasteiger charge is 2.23. The van der Waals surface area contributed by atoms with Crippen molar-refractivity contribution in [2.75, 3.05) is 11.9 Å². The van der Waals surface area contributed by atoms with Crippen LogP contribution in [-0.2, 0) is 6.42 Å². The van der Waals surface area contributed by atoms with E-state index >= 15 is 0 Å². The number of carboxylic acids is 1. The quantitative estimate of drug-likeness (QED) is 0.883. The van der Waals surface area contributed by atoms with E-state index in [2.05, 4.69) is 17.4 Å². The van der Waals surface area contributed by atoms with Crippen LogP contribution in [0.1, 0.15) is 27.4 Å². The van der Waals surface area contributed by atoms with E-state index in [4.69, 9.17) is 5.11 Å². The average molecular weight is 253 g/mol. The Labute approximate surface area is 111 Å². The fraction of sp³-hybridized carbons (Fsp3) is 0.188. The number of nitrogens with one attached hydrogen (secondary N) is 1. The zero-order chi connectivity index (χ0) is 13.2. The normalized spacial score (nSPS) is 16.7. The van der Waals surface area contributed by atoms with Gasteiger partial charge in [0.2, 0.25) is 0 Å². The lowest BCUT2D eigenvalue weighted by Crippen LogP contribution is -2.05. The lowest BCUT2D eigenvalue weighted by Gasteiger charge is -2.10. The maximum Gasteiger partial charge on any atom is 0.335 e. The molecule has 0 aromatic heterocycles. The molecule has 1 aliphatic heterocycles. The lowest BCUT2D eigenvalue weighted by molar-refractivity contribution is 0.0697. The van der Waals surface area contributed by atoms with Gasteiger partial charge in [0.25, 0.3) is 0 Å². The van der Waals surface area contributed by atoms with Gasteiger partial charge in [0.05, 0.1) is 5.56 Å². The number of anilines is 1. The summed E-state index contributed by atoms with van der Waals surface area (Å²) in [6, 6.07) is 15.6. The van der Waals surface area contributed by atoms with Crippen LogP contribution in [0.25, 0.3) is 0 Å². The maximum atomic E-state index is 11.0. The maximum absolute atomic E-state index is 11.0. The van der Waals surface area contributed by atoms with Gasteiger partial charge < -0.3 is 10.4 Å². The Kier molecular flexibility index (Phi) is 2.95. The second kappa shape index (κ2) is 4.76. The van der Waals surface area contributed by atoms with Gasteiger partial charge in [-0.25, -0.2) is 4.79 Å². The molecule has 2 N–H and O–H groups in total. The largest absolute Gasteiger partial charge is 0.478 e. The molecule has 3 heteroatoms. The van der Waals surface area contributed by atoms with Gasteiger partial charge in [-0.05, 0) is 35.7 Å². The zero-order valence-corrected chi connectivity index (χ0v) is 10.5. The summed E-state index contributed by atoms with van der Waals surface area (Å²) in [4.78, 5) is 11.0. The Morgan fingerprint density at radius 1 is 1.21 bits per heavy atom. The predicted molar refractivity (Wildman–Crippen MR) is 74.8 cm³/mol. The van der Waals surface area contributed by atoms with Crippen LogP contribution in [-0.4, -0.2) is 17.6 Å². The Balaban J connectivity index is 1.88. The van der Waals surface area contributed by atoms with Crippen molar-refractivity contribution in [2.45, 2.75) is 12.3 Å². The molecule has 0 aliphatic carbocycles. The number of benzene rings is 2. The zero-order valence-electron chi connectivity index (χ0n) is 10.5. The van der Waals surface area contributed by atoms with E-state index in [1.54, 1.807) is 12.1 Å². The molecule has 2 aromatic carbocycles. The predicted octanol–water partition coefficient (Wildman–Crippen LogP) is 3.14. The number of aromatic carboxylic acids is 1. The Morgan fingerprint density at radius 2 is 2.00 bits per heavy atom. The number of carbonyl (C=O) groups is 1. The van der Waals surface area contributed by atoms with Crippen molar-refractivity contribution < 1.29 is 9.90 Å². The minimum Gasteiger partial charge on any atom is -0.478 e. The van der Waals surface area contributed by atoms with Crippen LogP contribution in [0.3, 0.4) is 0 Å². The van der Waals surface area contributed by atoms with Gasteiger partial charge in [-0.2, -0.15) is 0 Å². The van der Waals surface area contributed by atoms with Gasteiger partial charge >= 0.3 is 5.97 Å². The average Bonchev–Trinajstić information content (AvgIpc) is 2.82. The van der Waals surface area contributed by atoms with Crippen LogP contribution in [0.5, 0.6) is 0 Å². The number of rotatable bonds is 3. The summed E-state index contributed by atoms with van der Waals surface area (Å²) in [6.07, 6.45) is 0.934. The first kappa shape index (κ1) is 11.8. The summed E-state index contributed by atoms with van der Waals surface area (Å²) in [5.74, 6) is -0.523. The van der Waals surface area contributed by atoms with Crippen molar-refractivity contribution in [2.24, 2.45) is 0 Å². The van der Waals surface area contributed by atoms with E-state index in [-0.39, 0.29) is 0 Å². The van der Waals surface area contributed by atoms with E-state index in [9.17, 15) is 4.79 Å². The second-order valence-corrected chi connectivity index (χ2v) is 4.87. The first-order valence-electron chi connectivity index (χ1n) is 6.39. The summed E-state index contributed by atoms with van der Waals surface area (Å²) in [5, 5.41) is 12.4. The molecule has 0 saturated heterocycles. The van der Waals surface area contributed by atoms with E-state index < -0.39 is 5.97 Å². The third kappa shape index (κ3) is 2.32. The highest BCUT2D eigenvalue weighted by Crippen LogP contribution is 2.34. The highest BCUT2D eigenvalue weighted by atomic mass is 16.4. The molecule has 19 heavy (non-hydrogen) atoms. The SMILES string of the molecule is O=C(O)c1ccc2c(c1)C(Cc1ccccc1)CN2. The standard InChI is InChI=1S/C16H15NO2/c18-16(19)12-6-7-15-14(9-12)13(10-17-15)8-11-4-2-1-3-5-11/h1-7,9,13,17H,8,10H2,(H,18,19). The molecular formula is C16H15NO2. The molecule has 3 rings (SSSR count). The highest BCUT2D eigenvalue weighted by molar-refractivity contribution is 5.89. The van der Waals surface area contributed by atoms with Crippen LogP contribution in [0.4, 0.5) is 5.69 Å². The summed E-state index contributed by atoms with van der Waals surface area (Å²) in [7, 11) is 0. The van der Waals surface area contributed by atoms with Crippen molar-refractivity contribution in [1.29, 1.82) is 0 Å². The Bertz CT molecular complexity index is 607. The minimum absolute atomic E-state index is 0.344. The molecule has 3 nitrogen and oxygen atoms in total. The van der Waals surface area contributed by atoms with Crippen molar-refractivity contribution in [3.8, 4) is 0 Å². The molecule has 0 fully saturated rings.